The first-order valence-corrected chi connectivity index (χ1v) is 6.66. The Balaban J connectivity index is 0.00000324. The van der Waals surface area contributed by atoms with Crippen LogP contribution in [-0.2, 0) is 4.74 Å². The first-order chi connectivity index (χ1) is 8.65. The summed E-state index contributed by atoms with van der Waals surface area (Å²) in [5.41, 5.74) is 0.338. The second-order valence-electron chi connectivity index (χ2n) is 3.63. The van der Waals surface area contributed by atoms with Gasteiger partial charge < -0.3 is 15.4 Å². The monoisotopic (exact) mass is 402 g/mol. The van der Waals surface area contributed by atoms with Crippen molar-refractivity contribution < 1.29 is 13.9 Å². The smallest absolute Gasteiger partial charge is 0.251 e. The van der Waals surface area contributed by atoms with E-state index in [1.165, 1.54) is 6.07 Å². The van der Waals surface area contributed by atoms with Crippen molar-refractivity contribution in [2.75, 3.05) is 33.4 Å². The number of benzene rings is 1. The molecule has 7 heteroatoms. The summed E-state index contributed by atoms with van der Waals surface area (Å²) in [5.74, 6) is -0.639. The van der Waals surface area contributed by atoms with Crippen LogP contribution in [0.25, 0.3) is 0 Å². The molecule has 1 rings (SSSR count). The molecule has 0 spiro atoms. The fourth-order valence-corrected chi connectivity index (χ4v) is 1.64. The second kappa shape index (κ2) is 10.4. The van der Waals surface area contributed by atoms with E-state index in [9.17, 15) is 9.18 Å². The van der Waals surface area contributed by atoms with Crippen molar-refractivity contribution in [3.05, 3.63) is 33.1 Å². The van der Waals surface area contributed by atoms with E-state index >= 15 is 0 Å². The third-order valence-electron chi connectivity index (χ3n) is 2.25. The Bertz CT molecular complexity index is 407. The van der Waals surface area contributed by atoms with E-state index in [1.54, 1.807) is 19.2 Å². The second-order valence-corrected chi connectivity index (χ2v) is 4.79. The van der Waals surface area contributed by atoms with Crippen molar-refractivity contribution in [3.63, 3.8) is 0 Å². The van der Waals surface area contributed by atoms with Gasteiger partial charge in [0.2, 0.25) is 0 Å². The lowest BCUT2D eigenvalue weighted by Gasteiger charge is -2.07. The minimum atomic E-state index is -0.374. The topological polar surface area (TPSA) is 50.4 Å². The Labute approximate surface area is 132 Å². The minimum absolute atomic E-state index is 0. The number of hydrogen-bond acceptors (Lipinski definition) is 3. The van der Waals surface area contributed by atoms with Crippen LogP contribution in [0.3, 0.4) is 0 Å². The highest BCUT2D eigenvalue weighted by Crippen LogP contribution is 2.12. The number of halogens is 3. The molecule has 108 valence electrons. The maximum Gasteiger partial charge on any atom is 0.251 e. The third-order valence-corrected chi connectivity index (χ3v) is 3.13. The van der Waals surface area contributed by atoms with Gasteiger partial charge >= 0.3 is 0 Å². The van der Waals surface area contributed by atoms with Crippen molar-refractivity contribution in [1.29, 1.82) is 0 Å². The minimum Gasteiger partial charge on any atom is -0.383 e. The molecule has 0 heterocycles. The van der Waals surface area contributed by atoms with Crippen molar-refractivity contribution in [1.82, 2.24) is 10.6 Å². The highest BCUT2D eigenvalue weighted by atomic mass is 127. The molecule has 2 N–H and O–H groups in total. The SMILES string of the molecule is COCCNCCNC(=O)c1ccc(I)c(F)c1.Cl. The lowest BCUT2D eigenvalue weighted by atomic mass is 10.2. The van der Waals surface area contributed by atoms with Crippen LogP contribution in [0.1, 0.15) is 10.4 Å². The van der Waals surface area contributed by atoms with E-state index in [4.69, 9.17) is 4.74 Å². The normalized spacial score (nSPS) is 9.84. The van der Waals surface area contributed by atoms with Crippen LogP contribution in [0.15, 0.2) is 18.2 Å². The fourth-order valence-electron chi connectivity index (χ4n) is 1.30. The van der Waals surface area contributed by atoms with Gasteiger partial charge in [0.15, 0.2) is 0 Å². The molecule has 0 aliphatic rings. The third kappa shape index (κ3) is 7.05. The van der Waals surface area contributed by atoms with Gasteiger partial charge in [0.1, 0.15) is 5.82 Å². The van der Waals surface area contributed by atoms with Gasteiger partial charge in [-0.1, -0.05) is 0 Å². The Hall–Kier alpha value is -0.440. The Morgan fingerprint density at radius 1 is 1.37 bits per heavy atom. The highest BCUT2D eigenvalue weighted by Gasteiger charge is 2.07. The standard InChI is InChI=1S/C12H16FIN2O2.ClH/c1-18-7-6-15-4-5-16-12(17)9-2-3-11(14)10(13)8-9;/h2-3,8,15H,4-7H2,1H3,(H,16,17);1H. The van der Waals surface area contributed by atoms with Gasteiger partial charge in [-0.05, 0) is 40.8 Å². The molecule has 1 aromatic rings. The fraction of sp³-hybridized carbons (Fsp3) is 0.417. The van der Waals surface area contributed by atoms with E-state index in [0.29, 0.717) is 28.8 Å². The molecule has 1 aromatic carbocycles. The first-order valence-electron chi connectivity index (χ1n) is 5.58. The number of methoxy groups -OCH3 is 1. The van der Waals surface area contributed by atoms with Gasteiger partial charge in [0.25, 0.3) is 5.91 Å². The van der Waals surface area contributed by atoms with Gasteiger partial charge in [-0.15, -0.1) is 12.4 Å². The molecule has 19 heavy (non-hydrogen) atoms. The van der Waals surface area contributed by atoms with E-state index in [1.807, 2.05) is 22.6 Å². The van der Waals surface area contributed by atoms with Crippen LogP contribution in [0.2, 0.25) is 0 Å². The molecular formula is C12H17ClFIN2O2. The van der Waals surface area contributed by atoms with Gasteiger partial charge in [-0.25, -0.2) is 4.39 Å². The molecule has 0 aliphatic carbocycles. The van der Waals surface area contributed by atoms with E-state index < -0.39 is 0 Å². The molecular weight excluding hydrogens is 385 g/mol. The summed E-state index contributed by atoms with van der Waals surface area (Å²) in [6.07, 6.45) is 0. The van der Waals surface area contributed by atoms with Gasteiger partial charge in [-0.2, -0.15) is 0 Å². The summed E-state index contributed by atoms with van der Waals surface area (Å²) in [6.45, 7) is 2.53. The molecule has 0 saturated carbocycles. The molecule has 0 unspecified atom stereocenters. The van der Waals surface area contributed by atoms with E-state index in [-0.39, 0.29) is 24.1 Å². The summed E-state index contributed by atoms with van der Waals surface area (Å²) < 4.78 is 18.6. The molecule has 0 saturated heterocycles. The number of hydrogen-bond donors (Lipinski definition) is 2. The van der Waals surface area contributed by atoms with Gasteiger partial charge in [0.05, 0.1) is 6.61 Å². The average molecular weight is 403 g/mol. The number of ether oxygens (including phenoxy) is 1. The molecule has 0 aliphatic heterocycles. The summed E-state index contributed by atoms with van der Waals surface area (Å²) in [7, 11) is 1.63. The van der Waals surface area contributed by atoms with Crippen molar-refractivity contribution >= 4 is 40.9 Å². The van der Waals surface area contributed by atoms with Crippen molar-refractivity contribution in [2.45, 2.75) is 0 Å². The predicted molar refractivity (Wildman–Crippen MR) is 83.4 cm³/mol. The van der Waals surface area contributed by atoms with E-state index in [0.717, 1.165) is 6.54 Å². The van der Waals surface area contributed by atoms with Gasteiger partial charge in [0, 0.05) is 35.9 Å². The van der Waals surface area contributed by atoms with Crippen LogP contribution in [-0.4, -0.2) is 39.3 Å². The number of nitrogens with one attached hydrogen (secondary N) is 2. The summed E-state index contributed by atoms with van der Waals surface area (Å²) in [4.78, 5) is 11.7. The van der Waals surface area contributed by atoms with Crippen LogP contribution >= 0.6 is 35.0 Å². The average Bonchev–Trinajstić information content (AvgIpc) is 2.36. The number of rotatable bonds is 7. The molecule has 0 bridgehead atoms. The zero-order valence-electron chi connectivity index (χ0n) is 10.5. The Kier molecular flexibility index (Phi) is 10.1. The molecule has 4 nitrogen and oxygen atoms in total. The zero-order chi connectivity index (χ0) is 13.4. The lowest BCUT2D eigenvalue weighted by molar-refractivity contribution is 0.0953. The largest absolute Gasteiger partial charge is 0.383 e. The highest BCUT2D eigenvalue weighted by molar-refractivity contribution is 14.1. The van der Waals surface area contributed by atoms with Crippen LogP contribution < -0.4 is 10.6 Å². The van der Waals surface area contributed by atoms with Crippen LogP contribution in [0.5, 0.6) is 0 Å². The van der Waals surface area contributed by atoms with Crippen molar-refractivity contribution in [2.24, 2.45) is 0 Å². The van der Waals surface area contributed by atoms with E-state index in [2.05, 4.69) is 10.6 Å². The summed E-state index contributed by atoms with van der Waals surface area (Å²) >= 11 is 1.88. The Morgan fingerprint density at radius 2 is 2.11 bits per heavy atom. The summed E-state index contributed by atoms with van der Waals surface area (Å²) in [5, 5.41) is 5.81. The predicted octanol–water partition coefficient (Wildman–Crippen LogP) is 1.82. The van der Waals surface area contributed by atoms with Crippen molar-refractivity contribution in [3.8, 4) is 0 Å². The number of carbonyl (C=O) groups excluding carboxylic acids is 1. The summed E-state index contributed by atoms with van der Waals surface area (Å²) in [6, 6.07) is 4.44. The van der Waals surface area contributed by atoms with Gasteiger partial charge in [-0.3, -0.25) is 4.79 Å². The molecule has 1 amide bonds. The molecule has 0 radical (unpaired) electrons. The molecule has 0 aromatic heterocycles. The molecule has 0 fully saturated rings. The number of amides is 1. The lowest BCUT2D eigenvalue weighted by Crippen LogP contribution is -2.33. The number of carbonyl (C=O) groups is 1. The Morgan fingerprint density at radius 3 is 2.74 bits per heavy atom. The van der Waals surface area contributed by atoms with Crippen LogP contribution in [0.4, 0.5) is 4.39 Å². The van der Waals surface area contributed by atoms with Crippen LogP contribution in [0, 0.1) is 9.39 Å². The maximum atomic E-state index is 13.3. The zero-order valence-corrected chi connectivity index (χ0v) is 13.5. The first kappa shape index (κ1) is 18.6. The molecule has 0 atom stereocenters. The maximum absolute atomic E-state index is 13.3. The quantitative estimate of drug-likeness (QED) is 0.540.